The van der Waals surface area contributed by atoms with Crippen LogP contribution in [0, 0.1) is 0 Å². The number of aliphatic hydroxyl groups excluding tert-OH is 4. The van der Waals surface area contributed by atoms with Crippen LogP contribution in [0.4, 0.5) is 0 Å². The lowest BCUT2D eigenvalue weighted by Gasteiger charge is -2.39. The fourth-order valence-electron chi connectivity index (χ4n) is 5.83. The zero-order valence-electron chi connectivity index (χ0n) is 33.0. The van der Waals surface area contributed by atoms with Gasteiger partial charge in [0.15, 0.2) is 12.4 Å². The van der Waals surface area contributed by atoms with E-state index >= 15 is 0 Å². The second-order valence-electron chi connectivity index (χ2n) is 14.1. The average Bonchev–Trinajstić information content (AvgIpc) is 3.15. The lowest BCUT2D eigenvalue weighted by molar-refractivity contribution is -0.305. The molecule has 53 heavy (non-hydrogen) atoms. The number of aliphatic hydroxyl groups is 4. The van der Waals surface area contributed by atoms with Crippen LogP contribution in [0.5, 0.6) is 0 Å². The van der Waals surface area contributed by atoms with Crippen LogP contribution in [0.2, 0.25) is 0 Å². The van der Waals surface area contributed by atoms with E-state index in [2.05, 4.69) is 56.4 Å². The topological polar surface area (TPSA) is 152 Å². The summed E-state index contributed by atoms with van der Waals surface area (Å²) < 4.78 is 22.0. The summed E-state index contributed by atoms with van der Waals surface area (Å²) in [7, 11) is 0. The van der Waals surface area contributed by atoms with Gasteiger partial charge in [0.05, 0.1) is 13.2 Å². The van der Waals surface area contributed by atoms with Gasteiger partial charge in [0.2, 0.25) is 0 Å². The van der Waals surface area contributed by atoms with E-state index in [1.54, 1.807) is 0 Å². The number of ether oxygens (including phenoxy) is 4. The maximum Gasteiger partial charge on any atom is 0.306 e. The third kappa shape index (κ3) is 26.2. The molecule has 1 saturated heterocycles. The smallest absolute Gasteiger partial charge is 0.306 e. The standard InChI is InChI=1S/C43H74O10/c1-3-5-7-9-11-13-15-16-17-18-19-20-22-24-26-28-30-32-39(46)52-36(35-51-43-42(49)41(48)40(47)37(33-44)53-43)34-50-38(45)31-29-27-25-23-21-14-12-10-8-6-4-2/h10,12,16-17,19-20,24,26,36-37,40-44,47-49H,3-9,11,13-15,18,21-23,25,27-35H2,1-2H3/b12-10+,17-16+,20-19+,26-24+/t36-,37-,40+,41?,42?,43-/m1/s1. The van der Waals surface area contributed by atoms with E-state index in [0.717, 1.165) is 57.8 Å². The molecule has 4 N–H and O–H groups in total. The first kappa shape index (κ1) is 48.7. The summed E-state index contributed by atoms with van der Waals surface area (Å²) in [5.74, 6) is -0.883. The zero-order chi connectivity index (χ0) is 38.8. The highest BCUT2D eigenvalue weighted by Crippen LogP contribution is 2.22. The summed E-state index contributed by atoms with van der Waals surface area (Å²) in [6.45, 7) is 3.29. The van der Waals surface area contributed by atoms with Crippen molar-refractivity contribution in [1.82, 2.24) is 0 Å². The highest BCUT2D eigenvalue weighted by molar-refractivity contribution is 5.70. The first-order valence-corrected chi connectivity index (χ1v) is 20.7. The monoisotopic (exact) mass is 751 g/mol. The average molecular weight is 751 g/mol. The van der Waals surface area contributed by atoms with Gasteiger partial charge in [-0.25, -0.2) is 0 Å². The Morgan fingerprint density at radius 3 is 1.72 bits per heavy atom. The fraction of sp³-hybridized carbons (Fsp3) is 0.767. The Hall–Kier alpha value is -2.34. The van der Waals surface area contributed by atoms with Crippen LogP contribution in [0.1, 0.15) is 155 Å². The second kappa shape index (κ2) is 34.2. The van der Waals surface area contributed by atoms with Crippen molar-refractivity contribution in [2.45, 2.75) is 192 Å². The van der Waals surface area contributed by atoms with Gasteiger partial charge in [0.1, 0.15) is 31.0 Å². The van der Waals surface area contributed by atoms with Crippen LogP contribution >= 0.6 is 0 Å². The molecule has 2 unspecified atom stereocenters. The fourth-order valence-corrected chi connectivity index (χ4v) is 5.83. The maximum absolute atomic E-state index is 12.7. The Bertz CT molecular complexity index is 1010. The van der Waals surface area contributed by atoms with E-state index < -0.39 is 55.4 Å². The highest BCUT2D eigenvalue weighted by Gasteiger charge is 2.44. The lowest BCUT2D eigenvalue weighted by atomic mass is 9.99. The van der Waals surface area contributed by atoms with Crippen molar-refractivity contribution < 1.29 is 49.0 Å². The van der Waals surface area contributed by atoms with Gasteiger partial charge in [-0.2, -0.15) is 0 Å². The van der Waals surface area contributed by atoms with Crippen LogP contribution in [-0.4, -0.2) is 89.0 Å². The van der Waals surface area contributed by atoms with Gasteiger partial charge in [0, 0.05) is 12.8 Å². The molecule has 0 radical (unpaired) electrons. The van der Waals surface area contributed by atoms with Crippen molar-refractivity contribution >= 4 is 11.9 Å². The molecule has 1 rings (SSSR count). The Morgan fingerprint density at radius 2 is 1.09 bits per heavy atom. The number of allylic oxidation sites excluding steroid dienone is 8. The van der Waals surface area contributed by atoms with Gasteiger partial charge < -0.3 is 39.4 Å². The number of unbranched alkanes of at least 4 members (excludes halogenated alkanes) is 14. The van der Waals surface area contributed by atoms with E-state index in [0.29, 0.717) is 19.3 Å². The number of rotatable bonds is 33. The van der Waals surface area contributed by atoms with Gasteiger partial charge in [0.25, 0.3) is 0 Å². The van der Waals surface area contributed by atoms with Crippen molar-refractivity contribution in [3.05, 3.63) is 48.6 Å². The Kier molecular flexibility index (Phi) is 31.4. The third-order valence-electron chi connectivity index (χ3n) is 9.19. The first-order chi connectivity index (χ1) is 25.8. The van der Waals surface area contributed by atoms with E-state index in [9.17, 15) is 30.0 Å². The van der Waals surface area contributed by atoms with E-state index in [4.69, 9.17) is 18.9 Å². The van der Waals surface area contributed by atoms with Crippen molar-refractivity contribution in [3.63, 3.8) is 0 Å². The molecule has 0 aromatic heterocycles. The summed E-state index contributed by atoms with van der Waals surface area (Å²) in [6.07, 6.45) is 31.3. The van der Waals surface area contributed by atoms with E-state index in [1.165, 1.54) is 51.4 Å². The van der Waals surface area contributed by atoms with Gasteiger partial charge in [-0.1, -0.05) is 127 Å². The minimum atomic E-state index is -1.60. The number of hydrogen-bond acceptors (Lipinski definition) is 10. The van der Waals surface area contributed by atoms with Gasteiger partial charge in [-0.15, -0.1) is 0 Å². The predicted molar refractivity (Wildman–Crippen MR) is 210 cm³/mol. The Balaban J connectivity index is 2.42. The molecule has 1 heterocycles. The quantitative estimate of drug-likeness (QED) is 0.0294. The lowest BCUT2D eigenvalue weighted by Crippen LogP contribution is -2.59. The highest BCUT2D eigenvalue weighted by atomic mass is 16.7. The number of hydrogen-bond donors (Lipinski definition) is 4. The molecule has 1 fully saturated rings. The molecule has 0 saturated carbocycles. The third-order valence-corrected chi connectivity index (χ3v) is 9.19. The molecule has 6 atom stereocenters. The molecule has 0 aromatic rings. The number of esters is 2. The van der Waals surface area contributed by atoms with Crippen LogP contribution in [0.3, 0.4) is 0 Å². The van der Waals surface area contributed by atoms with Gasteiger partial charge in [-0.3, -0.25) is 9.59 Å². The molecule has 0 bridgehead atoms. The summed E-state index contributed by atoms with van der Waals surface area (Å²) in [4.78, 5) is 25.2. The largest absolute Gasteiger partial charge is 0.462 e. The van der Waals surface area contributed by atoms with Crippen molar-refractivity contribution in [1.29, 1.82) is 0 Å². The minimum absolute atomic E-state index is 0.155. The summed E-state index contributed by atoms with van der Waals surface area (Å²) in [5, 5.41) is 39.9. The Morgan fingerprint density at radius 1 is 0.585 bits per heavy atom. The van der Waals surface area contributed by atoms with E-state index in [1.807, 2.05) is 6.08 Å². The maximum atomic E-state index is 12.7. The molecule has 10 nitrogen and oxygen atoms in total. The van der Waals surface area contributed by atoms with Crippen molar-refractivity contribution in [2.75, 3.05) is 19.8 Å². The normalized spacial score (nSPS) is 21.4. The van der Waals surface area contributed by atoms with Crippen LogP contribution in [-0.2, 0) is 28.5 Å². The van der Waals surface area contributed by atoms with Crippen LogP contribution < -0.4 is 0 Å². The zero-order valence-corrected chi connectivity index (χ0v) is 33.0. The molecule has 1 aliphatic rings. The number of carbonyl (C=O) groups excluding carboxylic acids is 2. The van der Waals surface area contributed by atoms with Gasteiger partial charge >= 0.3 is 11.9 Å². The van der Waals surface area contributed by atoms with Crippen LogP contribution in [0.25, 0.3) is 0 Å². The molecular weight excluding hydrogens is 676 g/mol. The second-order valence-corrected chi connectivity index (χ2v) is 14.1. The number of carbonyl (C=O) groups is 2. The molecule has 0 amide bonds. The van der Waals surface area contributed by atoms with E-state index in [-0.39, 0.29) is 26.1 Å². The summed E-state index contributed by atoms with van der Waals surface area (Å²) >= 11 is 0. The van der Waals surface area contributed by atoms with Crippen LogP contribution in [0.15, 0.2) is 48.6 Å². The van der Waals surface area contributed by atoms with Crippen molar-refractivity contribution in [2.24, 2.45) is 0 Å². The first-order valence-electron chi connectivity index (χ1n) is 20.7. The molecule has 0 aliphatic carbocycles. The molecule has 10 heteroatoms. The predicted octanol–water partition coefficient (Wildman–Crippen LogP) is 8.10. The molecule has 0 spiro atoms. The SMILES string of the molecule is CCCC/C=C/CCCCCCCC(=O)OC[C@H](CO[C@@H]1O[C@H](CO)[C@H](O)C(O)C1O)OC(=O)CCC/C=C/C/C=C/C/C=C/CCCCCCCC. The van der Waals surface area contributed by atoms with Crippen molar-refractivity contribution in [3.8, 4) is 0 Å². The summed E-state index contributed by atoms with van der Waals surface area (Å²) in [5.41, 5.74) is 0. The molecule has 0 aromatic carbocycles. The minimum Gasteiger partial charge on any atom is -0.462 e. The molecule has 306 valence electrons. The van der Waals surface area contributed by atoms with Gasteiger partial charge in [-0.05, 0) is 64.2 Å². The molecular formula is C43H74O10. The summed E-state index contributed by atoms with van der Waals surface area (Å²) in [6, 6.07) is 0. The Labute approximate surface area is 320 Å². The molecule has 1 aliphatic heterocycles.